The average Bonchev–Trinajstić information content (AvgIpc) is 3.57. The molecule has 9 rings (SSSR count). The van der Waals surface area contributed by atoms with E-state index >= 15 is 0 Å². The van der Waals surface area contributed by atoms with Gasteiger partial charge in [-0.25, -0.2) is 0 Å². The summed E-state index contributed by atoms with van der Waals surface area (Å²) >= 11 is 0. The molecule has 0 spiro atoms. The molecule has 0 N–H and O–H groups in total. The smallest absolute Gasteiger partial charge is 0.160 e. The van der Waals surface area contributed by atoms with Gasteiger partial charge < -0.3 is 4.57 Å². The van der Waals surface area contributed by atoms with E-state index in [1.807, 2.05) is 18.2 Å². The van der Waals surface area contributed by atoms with E-state index in [0.717, 1.165) is 33.8 Å². The van der Waals surface area contributed by atoms with Crippen molar-refractivity contribution < 1.29 is 0 Å². The van der Waals surface area contributed by atoms with Crippen molar-refractivity contribution in [1.82, 2.24) is 19.3 Å². The molecule has 3 heterocycles. The van der Waals surface area contributed by atoms with Crippen LogP contribution in [0.1, 0.15) is 0 Å². The molecule has 4 heteroatoms. The van der Waals surface area contributed by atoms with E-state index in [1.54, 1.807) is 0 Å². The Hall–Kier alpha value is -5.74. The SMILES string of the molecule is c1ccc(-c2ccc(-n3c4ccccc4c4cc5ccc6c7ccccc7n(-c7ccccc7)c6c5cc43)nn2)cc1. The Balaban J connectivity index is 1.38. The van der Waals surface area contributed by atoms with Crippen molar-refractivity contribution in [3.05, 3.63) is 146 Å². The molecule has 0 fully saturated rings. The molecule has 0 atom stereocenters. The lowest BCUT2D eigenvalue weighted by molar-refractivity contribution is 0.958. The molecule has 9 aromatic rings. The first-order valence-corrected chi connectivity index (χ1v) is 14.2. The average molecular weight is 537 g/mol. The van der Waals surface area contributed by atoms with Gasteiger partial charge in [0.25, 0.3) is 0 Å². The Labute approximate surface area is 241 Å². The topological polar surface area (TPSA) is 35.6 Å². The summed E-state index contributed by atoms with van der Waals surface area (Å²) in [6, 6.07) is 51.5. The first-order chi connectivity index (χ1) is 20.8. The van der Waals surface area contributed by atoms with Crippen molar-refractivity contribution in [1.29, 1.82) is 0 Å². The number of hydrogen-bond donors (Lipinski definition) is 0. The van der Waals surface area contributed by atoms with Crippen LogP contribution in [-0.2, 0) is 0 Å². The highest BCUT2D eigenvalue weighted by molar-refractivity contribution is 6.22. The zero-order valence-electron chi connectivity index (χ0n) is 22.6. The molecule has 3 aromatic heterocycles. The Morgan fingerprint density at radius 2 is 1.07 bits per heavy atom. The Morgan fingerprint density at radius 3 is 1.81 bits per heavy atom. The molecule has 0 amide bonds. The Kier molecular flexibility index (Phi) is 4.87. The molecule has 4 nitrogen and oxygen atoms in total. The minimum Gasteiger partial charge on any atom is -0.309 e. The molecule has 0 radical (unpaired) electrons. The van der Waals surface area contributed by atoms with Crippen LogP contribution in [0.15, 0.2) is 146 Å². The van der Waals surface area contributed by atoms with E-state index in [9.17, 15) is 0 Å². The predicted octanol–water partition coefficient (Wildman–Crippen LogP) is 9.49. The van der Waals surface area contributed by atoms with Gasteiger partial charge in [-0.1, -0.05) is 97.1 Å². The van der Waals surface area contributed by atoms with Crippen molar-refractivity contribution in [2.75, 3.05) is 0 Å². The molecule has 196 valence electrons. The fourth-order valence-corrected chi connectivity index (χ4v) is 6.55. The maximum Gasteiger partial charge on any atom is 0.160 e. The molecule has 0 aliphatic rings. The standard InChI is InChI=1S/C38H24N4/c1-3-11-25(12-4-1)33-21-22-37(40-39-33)42-35-18-10-8-16-29(35)32-23-26-19-20-30-28-15-7-9-17-34(28)41(27-13-5-2-6-14-27)38(30)31(26)24-36(32)42/h1-24H. The number of hydrogen-bond acceptors (Lipinski definition) is 2. The largest absolute Gasteiger partial charge is 0.309 e. The van der Waals surface area contributed by atoms with Gasteiger partial charge in [0, 0.05) is 38.2 Å². The van der Waals surface area contributed by atoms with Crippen molar-refractivity contribution in [3.8, 4) is 22.8 Å². The van der Waals surface area contributed by atoms with Gasteiger partial charge in [-0.3, -0.25) is 4.57 Å². The second kappa shape index (κ2) is 8.88. The van der Waals surface area contributed by atoms with Gasteiger partial charge in [0.15, 0.2) is 5.82 Å². The molecule has 42 heavy (non-hydrogen) atoms. The van der Waals surface area contributed by atoms with Crippen LogP contribution in [0.5, 0.6) is 0 Å². The lowest BCUT2D eigenvalue weighted by Gasteiger charge is -2.11. The summed E-state index contributed by atoms with van der Waals surface area (Å²) in [7, 11) is 0. The molecule has 0 aliphatic carbocycles. The molecular formula is C38H24N4. The van der Waals surface area contributed by atoms with Gasteiger partial charge in [-0.15, -0.1) is 10.2 Å². The third-order valence-electron chi connectivity index (χ3n) is 8.41. The van der Waals surface area contributed by atoms with Crippen LogP contribution in [0.25, 0.3) is 77.1 Å². The van der Waals surface area contributed by atoms with Gasteiger partial charge in [0.1, 0.15) is 0 Å². The third kappa shape index (κ3) is 3.29. The molecule has 0 bridgehead atoms. The number of nitrogens with zero attached hydrogens (tertiary/aromatic N) is 4. The van der Waals surface area contributed by atoms with Crippen LogP contribution < -0.4 is 0 Å². The summed E-state index contributed by atoms with van der Waals surface area (Å²) in [6.07, 6.45) is 0. The van der Waals surface area contributed by atoms with Crippen LogP contribution >= 0.6 is 0 Å². The Bertz CT molecular complexity index is 2430. The highest BCUT2D eigenvalue weighted by atomic mass is 15.2. The van der Waals surface area contributed by atoms with E-state index in [2.05, 4.69) is 142 Å². The van der Waals surface area contributed by atoms with Gasteiger partial charge >= 0.3 is 0 Å². The lowest BCUT2D eigenvalue weighted by Crippen LogP contribution is -2.00. The summed E-state index contributed by atoms with van der Waals surface area (Å²) in [5.41, 5.74) is 7.71. The van der Waals surface area contributed by atoms with E-state index in [4.69, 9.17) is 5.10 Å². The molecule has 0 saturated carbocycles. The van der Waals surface area contributed by atoms with Crippen LogP contribution in [0.2, 0.25) is 0 Å². The summed E-state index contributed by atoms with van der Waals surface area (Å²) in [6.45, 7) is 0. The number of benzene rings is 6. The van der Waals surface area contributed by atoms with Crippen molar-refractivity contribution in [2.45, 2.75) is 0 Å². The second-order valence-corrected chi connectivity index (χ2v) is 10.7. The highest BCUT2D eigenvalue weighted by Crippen LogP contribution is 2.40. The fourth-order valence-electron chi connectivity index (χ4n) is 6.55. The van der Waals surface area contributed by atoms with Crippen LogP contribution in [0.3, 0.4) is 0 Å². The van der Waals surface area contributed by atoms with Crippen molar-refractivity contribution >= 4 is 54.4 Å². The molecule has 0 aliphatic heterocycles. The number of fused-ring (bicyclic) bond motifs is 8. The van der Waals surface area contributed by atoms with E-state index < -0.39 is 0 Å². The molecular weight excluding hydrogens is 512 g/mol. The fraction of sp³-hybridized carbons (Fsp3) is 0. The number of para-hydroxylation sites is 3. The van der Waals surface area contributed by atoms with Gasteiger partial charge in [-0.2, -0.15) is 0 Å². The predicted molar refractivity (Wildman–Crippen MR) is 174 cm³/mol. The zero-order valence-corrected chi connectivity index (χ0v) is 22.6. The normalized spacial score (nSPS) is 11.8. The molecule has 0 saturated heterocycles. The summed E-state index contributed by atoms with van der Waals surface area (Å²) < 4.78 is 4.65. The maximum absolute atomic E-state index is 4.75. The van der Waals surface area contributed by atoms with E-state index in [-0.39, 0.29) is 0 Å². The van der Waals surface area contributed by atoms with Crippen molar-refractivity contribution in [2.24, 2.45) is 0 Å². The van der Waals surface area contributed by atoms with Crippen LogP contribution in [0, 0.1) is 0 Å². The first-order valence-electron chi connectivity index (χ1n) is 14.2. The lowest BCUT2D eigenvalue weighted by atomic mass is 10.0. The minimum atomic E-state index is 0.802. The zero-order chi connectivity index (χ0) is 27.6. The number of aromatic nitrogens is 4. The van der Waals surface area contributed by atoms with E-state index in [1.165, 1.54) is 43.4 Å². The first kappa shape index (κ1) is 23.0. The summed E-state index contributed by atoms with van der Waals surface area (Å²) in [5.74, 6) is 0.802. The second-order valence-electron chi connectivity index (χ2n) is 10.7. The number of rotatable bonds is 3. The summed E-state index contributed by atoms with van der Waals surface area (Å²) in [4.78, 5) is 0. The monoisotopic (exact) mass is 536 g/mol. The minimum absolute atomic E-state index is 0.802. The van der Waals surface area contributed by atoms with E-state index in [0.29, 0.717) is 0 Å². The van der Waals surface area contributed by atoms with Gasteiger partial charge in [0.05, 0.1) is 27.8 Å². The Morgan fingerprint density at radius 1 is 0.405 bits per heavy atom. The van der Waals surface area contributed by atoms with Gasteiger partial charge in [0.2, 0.25) is 0 Å². The van der Waals surface area contributed by atoms with Crippen molar-refractivity contribution in [3.63, 3.8) is 0 Å². The molecule has 0 unspecified atom stereocenters. The van der Waals surface area contributed by atoms with Crippen LogP contribution in [0.4, 0.5) is 0 Å². The highest BCUT2D eigenvalue weighted by Gasteiger charge is 2.19. The quantitative estimate of drug-likeness (QED) is 0.225. The maximum atomic E-state index is 4.75. The molecule has 6 aromatic carbocycles. The van der Waals surface area contributed by atoms with Crippen LogP contribution in [-0.4, -0.2) is 19.3 Å². The van der Waals surface area contributed by atoms with Gasteiger partial charge in [-0.05, 0) is 53.9 Å². The third-order valence-corrected chi connectivity index (χ3v) is 8.41. The summed E-state index contributed by atoms with van der Waals surface area (Å²) in [5, 5.41) is 16.7.